The zero-order valence-corrected chi connectivity index (χ0v) is 14.4. The molecule has 0 spiro atoms. The Bertz CT molecular complexity index is 773. The number of hydrogen-bond donors (Lipinski definition) is 2. The highest BCUT2D eigenvalue weighted by atomic mass is 16.5. The van der Waals surface area contributed by atoms with E-state index in [9.17, 15) is 10.2 Å². The van der Waals surface area contributed by atoms with Crippen LogP contribution in [0.1, 0.15) is 30.0 Å². The molecule has 0 radical (unpaired) electrons. The highest BCUT2D eigenvalue weighted by Crippen LogP contribution is 2.43. The maximum absolute atomic E-state index is 9.69. The van der Waals surface area contributed by atoms with E-state index >= 15 is 0 Å². The standard InChI is InChI=1S/C22H22O3/c1-3-22(16-4-10-19(23)11-5-16,17-6-12-20(24)13-7-17)18-8-14-21(25-2)15-9-18/h4-15,23-24H,3H2,1-2H3. The second kappa shape index (κ2) is 6.89. The normalized spacial score (nSPS) is 11.3. The number of ether oxygens (including phenoxy) is 1. The molecule has 0 aromatic heterocycles. The van der Waals surface area contributed by atoms with Gasteiger partial charge in [0, 0.05) is 5.41 Å². The van der Waals surface area contributed by atoms with Gasteiger partial charge in [-0.3, -0.25) is 0 Å². The van der Waals surface area contributed by atoms with Gasteiger partial charge in [-0.1, -0.05) is 43.3 Å². The van der Waals surface area contributed by atoms with Crippen LogP contribution in [0.25, 0.3) is 0 Å². The van der Waals surface area contributed by atoms with E-state index in [1.165, 1.54) is 0 Å². The van der Waals surface area contributed by atoms with Gasteiger partial charge in [0.25, 0.3) is 0 Å². The van der Waals surface area contributed by atoms with Crippen molar-refractivity contribution in [1.29, 1.82) is 0 Å². The lowest BCUT2D eigenvalue weighted by Crippen LogP contribution is -2.28. The van der Waals surface area contributed by atoms with E-state index in [4.69, 9.17) is 4.74 Å². The van der Waals surface area contributed by atoms with Crippen molar-refractivity contribution in [3.8, 4) is 17.2 Å². The Morgan fingerprint density at radius 1 is 0.680 bits per heavy atom. The molecule has 128 valence electrons. The summed E-state index contributed by atoms with van der Waals surface area (Å²) in [6.07, 6.45) is 0.828. The van der Waals surface area contributed by atoms with Gasteiger partial charge in [0.1, 0.15) is 17.2 Å². The van der Waals surface area contributed by atoms with Crippen molar-refractivity contribution in [3.63, 3.8) is 0 Å². The summed E-state index contributed by atoms with van der Waals surface area (Å²) < 4.78 is 5.29. The quantitative estimate of drug-likeness (QED) is 0.656. The number of hydrogen-bond acceptors (Lipinski definition) is 3. The molecule has 0 aliphatic carbocycles. The molecule has 0 aliphatic rings. The average Bonchev–Trinajstić information content (AvgIpc) is 2.66. The van der Waals surface area contributed by atoms with Crippen molar-refractivity contribution >= 4 is 0 Å². The number of phenols is 2. The van der Waals surface area contributed by atoms with Crippen molar-refractivity contribution in [2.45, 2.75) is 18.8 Å². The Morgan fingerprint density at radius 3 is 1.36 bits per heavy atom. The van der Waals surface area contributed by atoms with Crippen LogP contribution < -0.4 is 4.74 Å². The first kappa shape index (κ1) is 16.9. The maximum atomic E-state index is 9.69. The third kappa shape index (κ3) is 3.05. The SMILES string of the molecule is CCC(c1ccc(O)cc1)(c1ccc(O)cc1)c1ccc(OC)cc1. The molecule has 0 bridgehead atoms. The molecule has 0 atom stereocenters. The summed E-state index contributed by atoms with van der Waals surface area (Å²) >= 11 is 0. The van der Waals surface area contributed by atoms with Crippen molar-refractivity contribution in [3.05, 3.63) is 89.5 Å². The number of rotatable bonds is 5. The fourth-order valence-electron chi connectivity index (χ4n) is 3.48. The molecule has 0 saturated heterocycles. The predicted octanol–water partition coefficient (Wildman–Crippen LogP) is 4.85. The third-order valence-corrected chi connectivity index (χ3v) is 4.83. The molecule has 0 amide bonds. The summed E-state index contributed by atoms with van der Waals surface area (Å²) in [6.45, 7) is 2.14. The monoisotopic (exact) mass is 334 g/mol. The lowest BCUT2D eigenvalue weighted by atomic mass is 9.68. The molecule has 3 nitrogen and oxygen atoms in total. The van der Waals surface area contributed by atoms with E-state index in [1.54, 1.807) is 31.4 Å². The molecule has 0 saturated carbocycles. The lowest BCUT2D eigenvalue weighted by molar-refractivity contribution is 0.414. The molecule has 3 rings (SSSR count). The largest absolute Gasteiger partial charge is 0.508 e. The fraction of sp³-hybridized carbons (Fsp3) is 0.182. The smallest absolute Gasteiger partial charge is 0.118 e. The van der Waals surface area contributed by atoms with E-state index in [0.29, 0.717) is 0 Å². The first-order valence-electron chi connectivity index (χ1n) is 8.33. The maximum Gasteiger partial charge on any atom is 0.118 e. The van der Waals surface area contributed by atoms with Crippen molar-refractivity contribution in [2.75, 3.05) is 7.11 Å². The van der Waals surface area contributed by atoms with Crippen LogP contribution in [-0.2, 0) is 5.41 Å². The van der Waals surface area contributed by atoms with Crippen molar-refractivity contribution in [2.24, 2.45) is 0 Å². The molecule has 0 unspecified atom stereocenters. The van der Waals surface area contributed by atoms with Gasteiger partial charge in [0.05, 0.1) is 7.11 Å². The summed E-state index contributed by atoms with van der Waals surface area (Å²) in [7, 11) is 1.65. The van der Waals surface area contributed by atoms with Crippen molar-refractivity contribution in [1.82, 2.24) is 0 Å². The molecular weight excluding hydrogens is 312 g/mol. The van der Waals surface area contributed by atoms with Crippen molar-refractivity contribution < 1.29 is 14.9 Å². The van der Waals surface area contributed by atoms with Crippen LogP contribution in [0.4, 0.5) is 0 Å². The minimum absolute atomic E-state index is 0.245. The van der Waals surface area contributed by atoms with E-state index in [1.807, 2.05) is 36.4 Å². The fourth-order valence-corrected chi connectivity index (χ4v) is 3.48. The van der Waals surface area contributed by atoms with Gasteiger partial charge in [-0.15, -0.1) is 0 Å². The molecular formula is C22H22O3. The summed E-state index contributed by atoms with van der Waals surface area (Å²) in [5, 5.41) is 19.4. The van der Waals surface area contributed by atoms with E-state index in [-0.39, 0.29) is 16.9 Å². The minimum Gasteiger partial charge on any atom is -0.508 e. The van der Waals surface area contributed by atoms with Gasteiger partial charge in [-0.2, -0.15) is 0 Å². The first-order valence-corrected chi connectivity index (χ1v) is 8.33. The Kier molecular flexibility index (Phi) is 4.66. The summed E-state index contributed by atoms with van der Waals surface area (Å²) in [5.41, 5.74) is 2.92. The topological polar surface area (TPSA) is 49.7 Å². The zero-order chi connectivity index (χ0) is 17.9. The molecule has 0 aliphatic heterocycles. The molecule has 2 N–H and O–H groups in total. The molecule has 3 aromatic rings. The van der Waals surface area contributed by atoms with Crippen LogP contribution in [0, 0.1) is 0 Å². The van der Waals surface area contributed by atoms with Crippen LogP contribution in [0.2, 0.25) is 0 Å². The second-order valence-electron chi connectivity index (χ2n) is 6.08. The highest BCUT2D eigenvalue weighted by molar-refractivity contribution is 5.52. The molecule has 3 aromatic carbocycles. The van der Waals surface area contributed by atoms with E-state index in [0.717, 1.165) is 28.9 Å². The van der Waals surface area contributed by atoms with Crippen LogP contribution in [-0.4, -0.2) is 17.3 Å². The highest BCUT2D eigenvalue weighted by Gasteiger charge is 2.34. The average molecular weight is 334 g/mol. The lowest BCUT2D eigenvalue weighted by Gasteiger charge is -2.35. The second-order valence-corrected chi connectivity index (χ2v) is 6.08. The van der Waals surface area contributed by atoms with Crippen LogP contribution in [0.3, 0.4) is 0 Å². The number of benzene rings is 3. The Hall–Kier alpha value is -2.94. The molecule has 0 heterocycles. The number of aromatic hydroxyl groups is 2. The summed E-state index contributed by atoms with van der Waals surface area (Å²) in [5.74, 6) is 1.30. The van der Waals surface area contributed by atoms with E-state index < -0.39 is 0 Å². The Balaban J connectivity index is 2.24. The van der Waals surface area contributed by atoms with E-state index in [2.05, 4.69) is 19.1 Å². The molecule has 3 heteroatoms. The number of methoxy groups -OCH3 is 1. The third-order valence-electron chi connectivity index (χ3n) is 4.83. The van der Waals surface area contributed by atoms with Crippen LogP contribution in [0.5, 0.6) is 17.2 Å². The van der Waals surface area contributed by atoms with Gasteiger partial charge in [-0.05, 0) is 59.5 Å². The van der Waals surface area contributed by atoms with Gasteiger partial charge < -0.3 is 14.9 Å². The van der Waals surface area contributed by atoms with Gasteiger partial charge in [0.15, 0.2) is 0 Å². The van der Waals surface area contributed by atoms with Gasteiger partial charge >= 0.3 is 0 Å². The summed E-state index contributed by atoms with van der Waals surface area (Å²) in [6, 6.07) is 22.7. The molecule has 25 heavy (non-hydrogen) atoms. The van der Waals surface area contributed by atoms with Gasteiger partial charge in [-0.25, -0.2) is 0 Å². The van der Waals surface area contributed by atoms with Crippen LogP contribution in [0.15, 0.2) is 72.8 Å². The Labute approximate surface area is 148 Å². The Morgan fingerprint density at radius 2 is 1.04 bits per heavy atom. The first-order chi connectivity index (χ1) is 12.1. The molecule has 0 fully saturated rings. The van der Waals surface area contributed by atoms with Gasteiger partial charge in [0.2, 0.25) is 0 Å². The number of phenolic OH excluding ortho intramolecular Hbond substituents is 2. The predicted molar refractivity (Wildman–Crippen MR) is 99.4 cm³/mol. The minimum atomic E-state index is -0.381. The summed E-state index contributed by atoms with van der Waals surface area (Å²) in [4.78, 5) is 0. The zero-order valence-electron chi connectivity index (χ0n) is 14.4. The van der Waals surface area contributed by atoms with Crippen LogP contribution >= 0.6 is 0 Å².